The van der Waals surface area contributed by atoms with Crippen molar-refractivity contribution >= 4 is 27.5 Å². The molecule has 1 heterocycles. The number of carbonyl (C=O) groups is 1. The van der Waals surface area contributed by atoms with Crippen LogP contribution in [0.3, 0.4) is 0 Å². The monoisotopic (exact) mass is 596 g/mol. The number of methoxy groups -OCH3 is 1. The number of alkyl halides is 9. The number of ether oxygens (including phenoxy) is 1. The Balaban J connectivity index is 2.15. The lowest BCUT2D eigenvalue weighted by Gasteiger charge is -2.16. The molecule has 0 aliphatic heterocycles. The molecular formula is C19H10ClF9N4O4S. The summed E-state index contributed by atoms with van der Waals surface area (Å²) in [5.41, 5.74) is -8.23. The molecule has 0 bridgehead atoms. The highest BCUT2D eigenvalue weighted by Crippen LogP contribution is 2.39. The average Bonchev–Trinajstić information content (AvgIpc) is 3.23. The van der Waals surface area contributed by atoms with Crippen molar-refractivity contribution < 1.29 is 57.5 Å². The van der Waals surface area contributed by atoms with E-state index in [1.807, 2.05) is 0 Å². The fourth-order valence-corrected chi connectivity index (χ4v) is 4.42. The second-order valence-corrected chi connectivity index (χ2v) is 9.21. The Morgan fingerprint density at radius 3 is 2.11 bits per heavy atom. The molecule has 0 saturated heterocycles. The molecule has 0 aliphatic carbocycles. The zero-order valence-corrected chi connectivity index (χ0v) is 19.7. The Morgan fingerprint density at radius 2 is 1.58 bits per heavy atom. The van der Waals surface area contributed by atoms with Crippen LogP contribution in [-0.2, 0) is 28.6 Å². The van der Waals surface area contributed by atoms with Crippen molar-refractivity contribution in [2.75, 3.05) is 7.11 Å². The zero-order chi connectivity index (χ0) is 28.8. The number of hydrogen-bond donors (Lipinski definition) is 1. The number of nitrogens with one attached hydrogen (secondary N) is 1. The van der Waals surface area contributed by atoms with Crippen molar-refractivity contribution in [3.8, 4) is 11.4 Å². The van der Waals surface area contributed by atoms with Crippen LogP contribution in [0.15, 0.2) is 41.3 Å². The minimum Gasteiger partial charge on any atom is -0.497 e. The highest BCUT2D eigenvalue weighted by atomic mass is 35.5. The number of sulfonamides is 1. The largest absolute Gasteiger partial charge is 0.497 e. The summed E-state index contributed by atoms with van der Waals surface area (Å²) < 4.78 is 152. The van der Waals surface area contributed by atoms with E-state index in [9.17, 15) is 52.7 Å². The van der Waals surface area contributed by atoms with Crippen LogP contribution in [-0.4, -0.2) is 36.4 Å². The third-order valence-electron chi connectivity index (χ3n) is 4.67. The predicted molar refractivity (Wildman–Crippen MR) is 109 cm³/mol. The van der Waals surface area contributed by atoms with E-state index in [1.165, 1.54) is 6.07 Å². The van der Waals surface area contributed by atoms with Crippen molar-refractivity contribution in [2.45, 2.75) is 23.4 Å². The number of nitrogens with zero attached hydrogens (tertiary/aromatic N) is 3. The molecule has 0 saturated carbocycles. The Morgan fingerprint density at radius 1 is 0.947 bits per heavy atom. The molecule has 3 aromatic rings. The third kappa shape index (κ3) is 5.79. The van der Waals surface area contributed by atoms with Crippen LogP contribution in [0, 0.1) is 0 Å². The van der Waals surface area contributed by atoms with Crippen LogP contribution in [0.25, 0.3) is 5.69 Å². The molecule has 0 radical (unpaired) electrons. The zero-order valence-electron chi connectivity index (χ0n) is 18.1. The van der Waals surface area contributed by atoms with Crippen molar-refractivity contribution in [2.24, 2.45) is 0 Å². The van der Waals surface area contributed by atoms with E-state index in [-0.39, 0.29) is 27.6 Å². The lowest BCUT2D eigenvalue weighted by atomic mass is 10.1. The summed E-state index contributed by atoms with van der Waals surface area (Å²) in [6, 6.07) is 2.61. The maximum Gasteiger partial charge on any atom is 0.435 e. The summed E-state index contributed by atoms with van der Waals surface area (Å²) in [6.07, 6.45) is -16.3. The normalized spacial score (nSPS) is 12.9. The van der Waals surface area contributed by atoms with Gasteiger partial charge in [0.15, 0.2) is 11.4 Å². The minimum absolute atomic E-state index is 0.00218. The highest BCUT2D eigenvalue weighted by molar-refractivity contribution is 7.90. The standard InChI is InChI=1S/C19H10ClF9N4O4S/c1-37-9-3-5-11(20)12(7-9)33-15(19(27,28)29)14(30-32-33)16(34)31-38(35,36)13-6-8(17(21,22)23)2-4-10(13)18(24,25)26/h2-7H,1H3,(H,31,34). The predicted octanol–water partition coefficient (Wildman–Crippen LogP) is 5.10. The molecule has 1 aromatic heterocycles. The number of carbonyl (C=O) groups excluding carboxylic acids is 1. The topological polar surface area (TPSA) is 103 Å². The molecule has 3 rings (SSSR count). The second-order valence-electron chi connectivity index (χ2n) is 7.15. The smallest absolute Gasteiger partial charge is 0.435 e. The van der Waals surface area contributed by atoms with Gasteiger partial charge in [-0.2, -0.15) is 39.5 Å². The molecule has 2 aromatic carbocycles. The van der Waals surface area contributed by atoms with Gasteiger partial charge in [0.25, 0.3) is 15.9 Å². The quantitative estimate of drug-likeness (QED) is 0.411. The SMILES string of the molecule is COc1ccc(Cl)c(-n2nnc(C(=O)NS(=O)(=O)c3cc(C(F)(F)F)ccc3C(F)(F)F)c2C(F)(F)F)c1. The van der Waals surface area contributed by atoms with E-state index >= 15 is 0 Å². The van der Waals surface area contributed by atoms with Crippen molar-refractivity contribution in [1.82, 2.24) is 19.7 Å². The number of amides is 1. The van der Waals surface area contributed by atoms with E-state index < -0.39 is 73.6 Å². The van der Waals surface area contributed by atoms with Crippen molar-refractivity contribution in [3.63, 3.8) is 0 Å². The van der Waals surface area contributed by atoms with Gasteiger partial charge in [-0.15, -0.1) is 5.10 Å². The van der Waals surface area contributed by atoms with Gasteiger partial charge in [-0.1, -0.05) is 16.8 Å². The van der Waals surface area contributed by atoms with E-state index in [2.05, 4.69) is 10.3 Å². The minimum atomic E-state index is -5.85. The van der Waals surface area contributed by atoms with Gasteiger partial charge in [0, 0.05) is 6.07 Å². The summed E-state index contributed by atoms with van der Waals surface area (Å²) in [7, 11) is -4.69. The van der Waals surface area contributed by atoms with Crippen LogP contribution in [0.2, 0.25) is 5.02 Å². The second kappa shape index (κ2) is 9.64. The average molecular weight is 597 g/mol. The van der Waals surface area contributed by atoms with Crippen molar-refractivity contribution in [1.29, 1.82) is 0 Å². The van der Waals surface area contributed by atoms with Gasteiger partial charge >= 0.3 is 18.5 Å². The molecule has 1 amide bonds. The van der Waals surface area contributed by atoms with Gasteiger partial charge in [0.05, 0.1) is 28.9 Å². The van der Waals surface area contributed by atoms with E-state index in [1.54, 1.807) is 0 Å². The third-order valence-corrected chi connectivity index (χ3v) is 6.36. The van der Waals surface area contributed by atoms with Crippen LogP contribution >= 0.6 is 11.6 Å². The molecule has 0 atom stereocenters. The van der Waals surface area contributed by atoms with E-state index in [0.717, 1.165) is 24.0 Å². The molecular weight excluding hydrogens is 587 g/mol. The first-order valence-corrected chi connectivity index (χ1v) is 11.4. The van der Waals surface area contributed by atoms with Crippen LogP contribution in [0.4, 0.5) is 39.5 Å². The summed E-state index contributed by atoms with van der Waals surface area (Å²) >= 11 is 5.89. The molecule has 38 heavy (non-hydrogen) atoms. The molecule has 0 spiro atoms. The Hall–Kier alpha value is -3.54. The Bertz CT molecular complexity index is 1500. The van der Waals surface area contributed by atoms with Crippen LogP contribution < -0.4 is 9.46 Å². The summed E-state index contributed by atoms with van der Waals surface area (Å²) in [4.78, 5) is 10.5. The number of rotatable bonds is 5. The fraction of sp³-hybridized carbons (Fsp3) is 0.211. The number of aromatic nitrogens is 3. The Kier molecular flexibility index (Phi) is 7.37. The van der Waals surface area contributed by atoms with Gasteiger partial charge in [-0.05, 0) is 30.3 Å². The first kappa shape index (κ1) is 29.0. The van der Waals surface area contributed by atoms with Gasteiger partial charge < -0.3 is 4.74 Å². The van der Waals surface area contributed by atoms with Gasteiger partial charge in [0.1, 0.15) is 10.6 Å². The first-order valence-electron chi connectivity index (χ1n) is 9.49. The molecule has 0 aliphatic rings. The molecule has 1 N–H and O–H groups in total. The van der Waals surface area contributed by atoms with Gasteiger partial charge in [-0.25, -0.2) is 17.8 Å². The van der Waals surface area contributed by atoms with Crippen LogP contribution in [0.5, 0.6) is 5.75 Å². The van der Waals surface area contributed by atoms with E-state index in [0.29, 0.717) is 0 Å². The molecule has 19 heteroatoms. The molecule has 8 nitrogen and oxygen atoms in total. The molecule has 0 fully saturated rings. The Labute approximate surface area is 211 Å². The van der Waals surface area contributed by atoms with Gasteiger partial charge in [0.2, 0.25) is 0 Å². The number of hydrogen-bond acceptors (Lipinski definition) is 6. The van der Waals surface area contributed by atoms with Gasteiger partial charge in [-0.3, -0.25) is 4.79 Å². The maximum atomic E-state index is 13.9. The summed E-state index contributed by atoms with van der Waals surface area (Å²) in [5.74, 6) is -2.26. The molecule has 206 valence electrons. The number of benzene rings is 2. The molecule has 0 unspecified atom stereocenters. The van der Waals surface area contributed by atoms with Crippen LogP contribution in [0.1, 0.15) is 27.3 Å². The van der Waals surface area contributed by atoms with Crippen molar-refractivity contribution in [3.05, 3.63) is 63.9 Å². The first-order chi connectivity index (χ1) is 17.3. The lowest BCUT2D eigenvalue weighted by Crippen LogP contribution is -2.34. The number of halogens is 10. The summed E-state index contributed by atoms with van der Waals surface area (Å²) in [6.45, 7) is 0. The fourth-order valence-electron chi connectivity index (χ4n) is 3.02. The van der Waals surface area contributed by atoms with E-state index in [4.69, 9.17) is 16.3 Å². The maximum absolute atomic E-state index is 13.9. The summed E-state index contributed by atoms with van der Waals surface area (Å²) in [5, 5.41) is 5.75. The lowest BCUT2D eigenvalue weighted by molar-refractivity contribution is -0.143. The highest BCUT2D eigenvalue weighted by Gasteiger charge is 2.44.